The Morgan fingerprint density at radius 1 is 1.22 bits per heavy atom. The van der Waals surface area contributed by atoms with Gasteiger partial charge in [-0.1, -0.05) is 18.2 Å². The summed E-state index contributed by atoms with van der Waals surface area (Å²) in [5.41, 5.74) is 4.95. The van der Waals surface area contributed by atoms with E-state index in [1.807, 2.05) is 43.3 Å². The largest absolute Gasteiger partial charge is 0.310 e. The molecule has 0 atom stereocenters. The van der Waals surface area contributed by atoms with E-state index in [9.17, 15) is 4.79 Å². The maximum atomic E-state index is 12.2. The van der Waals surface area contributed by atoms with Crippen molar-refractivity contribution in [3.8, 4) is 17.3 Å². The van der Waals surface area contributed by atoms with Crippen LogP contribution in [0.2, 0.25) is 0 Å². The van der Waals surface area contributed by atoms with Crippen molar-refractivity contribution in [2.75, 3.05) is 6.54 Å². The van der Waals surface area contributed by atoms with E-state index >= 15 is 0 Å². The Morgan fingerprint density at radius 3 is 2.93 bits per heavy atom. The van der Waals surface area contributed by atoms with Crippen LogP contribution in [0, 0.1) is 18.3 Å². The fraction of sp³-hybridized carbons (Fsp3) is 0.238. The average molecular weight is 357 g/mol. The number of fused-ring (bicyclic) bond motifs is 1. The van der Waals surface area contributed by atoms with Crippen LogP contribution in [-0.2, 0) is 19.5 Å². The lowest BCUT2D eigenvalue weighted by atomic mass is 10.1. The fourth-order valence-corrected chi connectivity index (χ4v) is 3.45. The molecule has 6 heteroatoms. The minimum absolute atomic E-state index is 0.0442. The predicted molar refractivity (Wildman–Crippen MR) is 102 cm³/mol. The van der Waals surface area contributed by atoms with Gasteiger partial charge < -0.3 is 4.98 Å². The number of hydrogen-bond acceptors (Lipinski definition) is 5. The number of aromatic nitrogens is 3. The molecule has 6 nitrogen and oxygen atoms in total. The summed E-state index contributed by atoms with van der Waals surface area (Å²) in [5, 5.41) is 9.09. The highest BCUT2D eigenvalue weighted by Gasteiger charge is 2.21. The molecule has 0 aliphatic carbocycles. The Hall–Kier alpha value is -3.30. The molecule has 0 fully saturated rings. The summed E-state index contributed by atoms with van der Waals surface area (Å²) in [4.78, 5) is 26.4. The van der Waals surface area contributed by atoms with Gasteiger partial charge in [0.05, 0.1) is 34.3 Å². The van der Waals surface area contributed by atoms with Gasteiger partial charge >= 0.3 is 0 Å². The third-order valence-electron chi connectivity index (χ3n) is 4.75. The third-order valence-corrected chi connectivity index (χ3v) is 4.75. The Labute approximate surface area is 157 Å². The number of hydrogen-bond donors (Lipinski definition) is 1. The van der Waals surface area contributed by atoms with Crippen molar-refractivity contribution in [2.45, 2.75) is 26.4 Å². The van der Waals surface area contributed by atoms with E-state index in [2.05, 4.69) is 20.9 Å². The summed E-state index contributed by atoms with van der Waals surface area (Å²) in [6, 6.07) is 15.5. The molecule has 0 spiro atoms. The van der Waals surface area contributed by atoms with Crippen molar-refractivity contribution in [1.82, 2.24) is 19.9 Å². The minimum atomic E-state index is -0.0442. The molecule has 1 aliphatic heterocycles. The summed E-state index contributed by atoms with van der Waals surface area (Å²) in [6.45, 7) is 3.90. The van der Waals surface area contributed by atoms with Gasteiger partial charge in [-0.2, -0.15) is 5.26 Å². The quantitative estimate of drug-likeness (QED) is 0.779. The Kier molecular flexibility index (Phi) is 4.53. The second-order valence-corrected chi connectivity index (χ2v) is 6.74. The smallest absolute Gasteiger partial charge is 0.255 e. The van der Waals surface area contributed by atoms with Crippen LogP contribution < -0.4 is 5.56 Å². The van der Waals surface area contributed by atoms with Crippen LogP contribution >= 0.6 is 0 Å². The standard InChI is InChI=1S/C21H19N5O/c1-14-23-20-8-9-26(13-18(20)21(27)24-14)12-17-6-3-7-19(25-17)16-5-2-4-15(10-16)11-22/h2-7,10H,8-9,12-13H2,1H3,(H,23,24,27). The van der Waals surface area contributed by atoms with Gasteiger partial charge in [0.15, 0.2) is 0 Å². The molecular formula is C21H19N5O. The number of rotatable bonds is 3. The highest BCUT2D eigenvalue weighted by molar-refractivity contribution is 5.61. The number of nitrogens with zero attached hydrogens (tertiary/aromatic N) is 4. The molecule has 0 saturated carbocycles. The summed E-state index contributed by atoms with van der Waals surface area (Å²) in [6.07, 6.45) is 0.768. The molecule has 4 rings (SSSR count). The molecule has 0 amide bonds. The lowest BCUT2D eigenvalue weighted by molar-refractivity contribution is 0.239. The van der Waals surface area contributed by atoms with Crippen molar-refractivity contribution < 1.29 is 0 Å². The lowest BCUT2D eigenvalue weighted by Crippen LogP contribution is -2.35. The number of pyridine rings is 1. The second kappa shape index (κ2) is 7.14. The monoisotopic (exact) mass is 357 g/mol. The minimum Gasteiger partial charge on any atom is -0.310 e. The Morgan fingerprint density at radius 2 is 2.07 bits per heavy atom. The van der Waals surface area contributed by atoms with Gasteiger partial charge in [-0.25, -0.2) is 4.98 Å². The van der Waals surface area contributed by atoms with E-state index in [-0.39, 0.29) is 5.56 Å². The van der Waals surface area contributed by atoms with Gasteiger partial charge in [0.2, 0.25) is 0 Å². The number of H-pyrrole nitrogens is 1. The first-order valence-corrected chi connectivity index (χ1v) is 8.90. The topological polar surface area (TPSA) is 85.7 Å². The van der Waals surface area contributed by atoms with Crippen LogP contribution in [0.5, 0.6) is 0 Å². The van der Waals surface area contributed by atoms with Crippen molar-refractivity contribution in [3.05, 3.63) is 81.2 Å². The first kappa shape index (κ1) is 17.1. The molecule has 27 heavy (non-hydrogen) atoms. The van der Waals surface area contributed by atoms with E-state index in [1.165, 1.54) is 0 Å². The molecule has 0 bridgehead atoms. The zero-order valence-corrected chi connectivity index (χ0v) is 15.1. The number of nitrogens with one attached hydrogen (secondary N) is 1. The van der Waals surface area contributed by atoms with Crippen molar-refractivity contribution in [1.29, 1.82) is 5.26 Å². The first-order valence-electron chi connectivity index (χ1n) is 8.90. The van der Waals surface area contributed by atoms with Crippen molar-refractivity contribution in [3.63, 3.8) is 0 Å². The van der Waals surface area contributed by atoms with Crippen molar-refractivity contribution >= 4 is 0 Å². The Balaban J connectivity index is 1.55. The summed E-state index contributed by atoms with van der Waals surface area (Å²) >= 11 is 0. The summed E-state index contributed by atoms with van der Waals surface area (Å²) < 4.78 is 0. The maximum absolute atomic E-state index is 12.2. The van der Waals surface area contributed by atoms with Gasteiger partial charge in [0, 0.05) is 31.6 Å². The van der Waals surface area contributed by atoms with E-state index in [1.54, 1.807) is 6.07 Å². The molecule has 3 heterocycles. The van der Waals surface area contributed by atoms with Gasteiger partial charge in [0.1, 0.15) is 5.82 Å². The van der Waals surface area contributed by atoms with E-state index in [0.29, 0.717) is 24.5 Å². The van der Waals surface area contributed by atoms with Gasteiger partial charge in [0.25, 0.3) is 5.56 Å². The lowest BCUT2D eigenvalue weighted by Gasteiger charge is -2.27. The molecule has 0 saturated heterocycles. The second-order valence-electron chi connectivity index (χ2n) is 6.74. The molecule has 1 aromatic carbocycles. The van der Waals surface area contributed by atoms with E-state index in [4.69, 9.17) is 10.2 Å². The average Bonchev–Trinajstić information content (AvgIpc) is 2.69. The normalized spacial score (nSPS) is 13.8. The maximum Gasteiger partial charge on any atom is 0.255 e. The van der Waals surface area contributed by atoms with Crippen molar-refractivity contribution in [2.24, 2.45) is 0 Å². The predicted octanol–water partition coefficient (Wildman–Crippen LogP) is 2.57. The van der Waals surface area contributed by atoms with E-state index in [0.717, 1.165) is 41.2 Å². The van der Waals surface area contributed by atoms with Gasteiger partial charge in [-0.15, -0.1) is 0 Å². The molecule has 1 N–H and O–H groups in total. The SMILES string of the molecule is Cc1nc2c(c(=O)[nH]1)CN(Cc1cccc(-c3cccc(C#N)c3)n1)CC2. The third kappa shape index (κ3) is 3.64. The zero-order chi connectivity index (χ0) is 18.8. The van der Waals surface area contributed by atoms with Crippen LogP contribution in [0.15, 0.2) is 47.3 Å². The van der Waals surface area contributed by atoms with Crippen LogP contribution in [0.1, 0.15) is 28.3 Å². The van der Waals surface area contributed by atoms with Crippen LogP contribution in [0.25, 0.3) is 11.3 Å². The molecule has 3 aromatic rings. The van der Waals surface area contributed by atoms with Crippen LogP contribution in [0.3, 0.4) is 0 Å². The van der Waals surface area contributed by atoms with Crippen LogP contribution in [-0.4, -0.2) is 26.4 Å². The fourth-order valence-electron chi connectivity index (χ4n) is 3.45. The van der Waals surface area contributed by atoms with E-state index < -0.39 is 0 Å². The molecule has 1 aliphatic rings. The molecule has 134 valence electrons. The highest BCUT2D eigenvalue weighted by Crippen LogP contribution is 2.20. The zero-order valence-electron chi connectivity index (χ0n) is 15.1. The highest BCUT2D eigenvalue weighted by atomic mass is 16.1. The summed E-state index contributed by atoms with van der Waals surface area (Å²) in [7, 11) is 0. The Bertz CT molecular complexity index is 1100. The number of nitriles is 1. The number of aryl methyl sites for hydroxylation is 1. The summed E-state index contributed by atoms with van der Waals surface area (Å²) in [5.74, 6) is 0.668. The van der Waals surface area contributed by atoms with Crippen LogP contribution in [0.4, 0.5) is 0 Å². The van der Waals surface area contributed by atoms with Gasteiger partial charge in [-0.3, -0.25) is 14.7 Å². The molecule has 0 unspecified atom stereocenters. The molecule has 0 radical (unpaired) electrons. The number of aromatic amines is 1. The molecule has 2 aromatic heterocycles. The molecular weight excluding hydrogens is 338 g/mol. The number of benzene rings is 1. The van der Waals surface area contributed by atoms with Gasteiger partial charge in [-0.05, 0) is 31.2 Å². The first-order chi connectivity index (χ1) is 13.1.